The maximum Gasteiger partial charge on any atom is 0.472 e. The Morgan fingerprint density at radius 1 is 0.525 bits per heavy atom. The van der Waals surface area contributed by atoms with Gasteiger partial charge in [-0.15, -0.1) is 0 Å². The Labute approximate surface area is 361 Å². The van der Waals surface area contributed by atoms with Crippen LogP contribution in [0, 0.1) is 0 Å². The van der Waals surface area contributed by atoms with Gasteiger partial charge in [-0.05, 0) is 96.3 Å². The van der Waals surface area contributed by atoms with Crippen LogP contribution in [0.15, 0.2) is 109 Å². The van der Waals surface area contributed by atoms with E-state index in [9.17, 15) is 14.3 Å². The first-order valence-corrected chi connectivity index (χ1v) is 24.1. The molecule has 9 heteroatoms. The van der Waals surface area contributed by atoms with Crippen molar-refractivity contribution in [3.05, 3.63) is 109 Å². The van der Waals surface area contributed by atoms with Gasteiger partial charge in [-0.2, -0.15) is 0 Å². The Morgan fingerprint density at radius 3 is 1.39 bits per heavy atom. The molecule has 8 nitrogen and oxygen atoms in total. The number of nitrogens with zero attached hydrogens (tertiary/aromatic N) is 1. The lowest BCUT2D eigenvalue weighted by Gasteiger charge is -2.24. The normalized spacial score (nSPS) is 14.7. The van der Waals surface area contributed by atoms with Crippen LogP contribution in [-0.4, -0.2) is 75.6 Å². The van der Waals surface area contributed by atoms with Gasteiger partial charge in [0, 0.05) is 13.0 Å². The minimum absolute atomic E-state index is 0.0711. The van der Waals surface area contributed by atoms with Crippen LogP contribution < -0.4 is 0 Å². The molecule has 0 aromatic rings. The number of likely N-dealkylation sites (N-methyl/N-ethyl adjacent to an activating group) is 1. The summed E-state index contributed by atoms with van der Waals surface area (Å²) in [5, 5.41) is 0. The molecular weight excluding hydrogens is 758 g/mol. The van der Waals surface area contributed by atoms with Gasteiger partial charge in [-0.1, -0.05) is 149 Å². The topological polar surface area (TPSA) is 91.3 Å². The van der Waals surface area contributed by atoms with Gasteiger partial charge in [-0.25, -0.2) is 4.57 Å². The molecule has 0 saturated heterocycles. The van der Waals surface area contributed by atoms with Gasteiger partial charge in [-0.3, -0.25) is 13.8 Å². The molecule has 1 N–H and O–H groups in total. The molecule has 59 heavy (non-hydrogen) atoms. The van der Waals surface area contributed by atoms with Gasteiger partial charge in [0.15, 0.2) is 0 Å². The summed E-state index contributed by atoms with van der Waals surface area (Å²) in [6.45, 7) is 5.25. The molecular formula is C50H85NO7P+. The van der Waals surface area contributed by atoms with Crippen molar-refractivity contribution in [3.8, 4) is 0 Å². The summed E-state index contributed by atoms with van der Waals surface area (Å²) >= 11 is 0. The minimum Gasteiger partial charge on any atom is -0.457 e. The van der Waals surface area contributed by atoms with E-state index >= 15 is 0 Å². The van der Waals surface area contributed by atoms with Crippen LogP contribution in [0.2, 0.25) is 0 Å². The molecule has 2 unspecified atom stereocenters. The summed E-state index contributed by atoms with van der Waals surface area (Å²) in [4.78, 5) is 22.9. The third-order valence-electron chi connectivity index (χ3n) is 8.83. The summed E-state index contributed by atoms with van der Waals surface area (Å²) in [6, 6.07) is 0. The van der Waals surface area contributed by atoms with E-state index < -0.39 is 13.9 Å². The molecule has 0 rings (SSSR count). The van der Waals surface area contributed by atoms with E-state index in [0.29, 0.717) is 24.1 Å². The fraction of sp³-hybridized carbons (Fsp3) is 0.620. The summed E-state index contributed by atoms with van der Waals surface area (Å²) in [6.07, 6.45) is 58.4. The molecule has 0 spiro atoms. The average molecular weight is 843 g/mol. The molecule has 0 aromatic heterocycles. The van der Waals surface area contributed by atoms with Gasteiger partial charge < -0.3 is 18.9 Å². The van der Waals surface area contributed by atoms with Crippen LogP contribution in [0.5, 0.6) is 0 Å². The second-order valence-electron chi connectivity index (χ2n) is 15.7. The first-order valence-electron chi connectivity index (χ1n) is 22.6. The van der Waals surface area contributed by atoms with Crippen molar-refractivity contribution < 1.29 is 37.3 Å². The average Bonchev–Trinajstić information content (AvgIpc) is 3.19. The van der Waals surface area contributed by atoms with Crippen molar-refractivity contribution in [1.82, 2.24) is 0 Å². The molecule has 0 saturated carbocycles. The van der Waals surface area contributed by atoms with Crippen molar-refractivity contribution in [2.45, 2.75) is 148 Å². The van der Waals surface area contributed by atoms with Crippen LogP contribution in [-0.2, 0) is 27.9 Å². The predicted molar refractivity (Wildman–Crippen MR) is 251 cm³/mol. The van der Waals surface area contributed by atoms with Crippen molar-refractivity contribution in [1.29, 1.82) is 0 Å². The first-order chi connectivity index (χ1) is 28.6. The number of hydrogen-bond donors (Lipinski definition) is 1. The van der Waals surface area contributed by atoms with Gasteiger partial charge in [0.1, 0.15) is 19.3 Å². The number of hydrogen-bond acceptors (Lipinski definition) is 6. The number of allylic oxidation sites excluding steroid dienone is 18. The molecule has 0 bridgehead atoms. The SMILES string of the molecule is CC/C=C\C/C=C\C/C=C\C/C=C\C/C=C\C/C=C\CCCCCOCC(COP(=O)(O)OCC[N+](C)(C)C)OC(=O)CCCCCCC/C=C\C/C=C\C/C=C\CC. The fourth-order valence-electron chi connectivity index (χ4n) is 5.39. The quantitative estimate of drug-likeness (QED) is 0.0216. The molecule has 336 valence electrons. The Balaban J connectivity index is 4.34. The van der Waals surface area contributed by atoms with Crippen LogP contribution >= 0.6 is 7.82 Å². The maximum atomic E-state index is 12.7. The van der Waals surface area contributed by atoms with Gasteiger partial charge >= 0.3 is 13.8 Å². The molecule has 0 heterocycles. The number of carbonyl (C=O) groups excluding carboxylic acids is 1. The molecule has 2 atom stereocenters. The third kappa shape index (κ3) is 46.1. The highest BCUT2D eigenvalue weighted by Gasteiger charge is 2.26. The number of rotatable bonds is 40. The lowest BCUT2D eigenvalue weighted by atomic mass is 10.1. The highest BCUT2D eigenvalue weighted by molar-refractivity contribution is 7.47. The smallest absolute Gasteiger partial charge is 0.457 e. The molecule has 0 aliphatic carbocycles. The second kappa shape index (κ2) is 41.9. The fourth-order valence-corrected chi connectivity index (χ4v) is 6.13. The molecule has 0 fully saturated rings. The number of phosphoric acid groups is 1. The third-order valence-corrected chi connectivity index (χ3v) is 9.81. The lowest BCUT2D eigenvalue weighted by Crippen LogP contribution is -2.37. The van der Waals surface area contributed by atoms with E-state index in [1.807, 2.05) is 21.1 Å². The van der Waals surface area contributed by atoms with E-state index in [4.69, 9.17) is 18.5 Å². The van der Waals surface area contributed by atoms with E-state index in [1.165, 1.54) is 0 Å². The van der Waals surface area contributed by atoms with Crippen LogP contribution in [0.3, 0.4) is 0 Å². The van der Waals surface area contributed by atoms with E-state index in [2.05, 4.69) is 123 Å². The minimum atomic E-state index is -4.30. The van der Waals surface area contributed by atoms with E-state index in [0.717, 1.165) is 122 Å². The van der Waals surface area contributed by atoms with Crippen molar-refractivity contribution >= 4 is 13.8 Å². The van der Waals surface area contributed by atoms with Gasteiger partial charge in [0.25, 0.3) is 0 Å². The Bertz CT molecular complexity index is 1300. The molecule has 0 amide bonds. The van der Waals surface area contributed by atoms with Crippen molar-refractivity contribution in [3.63, 3.8) is 0 Å². The number of quaternary nitrogens is 1. The highest BCUT2D eigenvalue weighted by atomic mass is 31.2. The van der Waals surface area contributed by atoms with Gasteiger partial charge in [0.05, 0.1) is 34.4 Å². The number of carbonyl (C=O) groups is 1. The zero-order valence-corrected chi connectivity index (χ0v) is 38.8. The summed E-state index contributed by atoms with van der Waals surface area (Å²) < 4.78 is 35.0. The number of phosphoric ester groups is 1. The monoisotopic (exact) mass is 843 g/mol. The number of ether oxygens (including phenoxy) is 2. The Hall–Kier alpha value is -2.84. The Morgan fingerprint density at radius 2 is 0.932 bits per heavy atom. The number of esters is 1. The summed E-state index contributed by atoms with van der Waals surface area (Å²) in [7, 11) is 1.61. The molecule has 0 aliphatic heterocycles. The van der Waals surface area contributed by atoms with Crippen LogP contribution in [0.4, 0.5) is 0 Å². The summed E-state index contributed by atoms with van der Waals surface area (Å²) in [5.41, 5.74) is 0. The van der Waals surface area contributed by atoms with E-state index in [1.54, 1.807) is 0 Å². The second-order valence-corrected chi connectivity index (χ2v) is 17.1. The molecule has 0 aliphatic rings. The highest BCUT2D eigenvalue weighted by Crippen LogP contribution is 2.43. The molecule has 0 aromatic carbocycles. The lowest BCUT2D eigenvalue weighted by molar-refractivity contribution is -0.870. The van der Waals surface area contributed by atoms with Crippen LogP contribution in [0.25, 0.3) is 0 Å². The van der Waals surface area contributed by atoms with Crippen molar-refractivity contribution in [2.75, 3.05) is 54.1 Å². The van der Waals surface area contributed by atoms with Gasteiger partial charge in [0.2, 0.25) is 0 Å². The van der Waals surface area contributed by atoms with Crippen molar-refractivity contribution in [2.24, 2.45) is 0 Å². The first kappa shape index (κ1) is 56.2. The molecule has 0 radical (unpaired) electrons. The predicted octanol–water partition coefficient (Wildman–Crippen LogP) is 13.6. The van der Waals surface area contributed by atoms with Crippen LogP contribution in [0.1, 0.15) is 142 Å². The summed E-state index contributed by atoms with van der Waals surface area (Å²) in [5.74, 6) is -0.349. The maximum absolute atomic E-state index is 12.7. The largest absolute Gasteiger partial charge is 0.472 e. The zero-order chi connectivity index (χ0) is 43.4. The standard InChI is InChI=1S/C50H84NO7P/c1-6-8-10-12-14-16-18-20-22-23-24-25-26-27-28-30-32-34-36-38-40-42-45-55-47-49(48-57-59(53,54)56-46-44-51(3,4)5)58-50(52)43-41-39-37-35-33-31-29-21-19-17-15-13-11-9-7-2/h8-11,14-17,20-22,24-25,27-29,32,34,49H,6-7,12-13,18-19,23,26,30-31,33,35-48H2,1-5H3/p+1/b10-8-,11-9-,16-14-,17-15-,22-20-,25-24-,28-27-,29-21-,34-32-. The zero-order valence-electron chi connectivity index (χ0n) is 37.9. The Kier molecular flexibility index (Phi) is 39.9. The van der Waals surface area contributed by atoms with E-state index in [-0.39, 0.29) is 25.8 Å². The number of unbranched alkanes of at least 4 members (excludes halogenated alkanes) is 8.